The number of hydrogen-bond donors (Lipinski definition) is 1. The summed E-state index contributed by atoms with van der Waals surface area (Å²) in [4.78, 5) is 36.7. The molecule has 0 radical (unpaired) electrons. The maximum atomic E-state index is 13.3. The van der Waals surface area contributed by atoms with Crippen LogP contribution in [0.1, 0.15) is 22.0 Å². The highest BCUT2D eigenvalue weighted by Gasteiger charge is 2.30. The van der Waals surface area contributed by atoms with Crippen molar-refractivity contribution in [1.82, 2.24) is 4.31 Å². The van der Waals surface area contributed by atoms with Gasteiger partial charge in [-0.05, 0) is 24.3 Å². The summed E-state index contributed by atoms with van der Waals surface area (Å²) in [5.41, 5.74) is -0.272. The Labute approximate surface area is 212 Å². The molecule has 4 rings (SSSR count). The van der Waals surface area contributed by atoms with Gasteiger partial charge in [0.05, 0.1) is 23.0 Å². The molecule has 11 nitrogen and oxygen atoms in total. The molecular formula is C25H23N3O8S. The van der Waals surface area contributed by atoms with E-state index >= 15 is 0 Å². The van der Waals surface area contributed by atoms with Crippen LogP contribution < -0.4 is 5.32 Å². The second kappa shape index (κ2) is 11.3. The molecule has 192 valence electrons. The van der Waals surface area contributed by atoms with Crippen molar-refractivity contribution in [3.63, 3.8) is 0 Å². The van der Waals surface area contributed by atoms with Crippen molar-refractivity contribution in [3.8, 4) is 0 Å². The van der Waals surface area contributed by atoms with E-state index in [4.69, 9.17) is 9.47 Å². The average molecular weight is 526 g/mol. The molecule has 0 spiro atoms. The molecule has 1 fully saturated rings. The monoisotopic (exact) mass is 525 g/mol. The number of nitrogens with one attached hydrogen (secondary N) is 1. The second-order valence-corrected chi connectivity index (χ2v) is 9.94. The molecule has 1 atom stereocenters. The predicted molar refractivity (Wildman–Crippen MR) is 132 cm³/mol. The van der Waals surface area contributed by atoms with Gasteiger partial charge in [0, 0.05) is 30.4 Å². The Hall–Kier alpha value is -4.13. The Balaban J connectivity index is 1.59. The molecule has 0 bridgehead atoms. The Bertz CT molecular complexity index is 1410. The second-order valence-electron chi connectivity index (χ2n) is 8.00. The maximum absolute atomic E-state index is 13.3. The van der Waals surface area contributed by atoms with Gasteiger partial charge in [0.25, 0.3) is 11.6 Å². The predicted octanol–water partition coefficient (Wildman–Crippen LogP) is 3.15. The SMILES string of the molecule is O=C(O[C@@H](C(=O)Nc1cccc(S(=O)(=O)N2CCOCC2)c1)c1ccccc1)c1ccccc1[N+](=O)[O-]. The van der Waals surface area contributed by atoms with Crippen molar-refractivity contribution in [2.24, 2.45) is 0 Å². The zero-order valence-corrected chi connectivity index (χ0v) is 20.3. The molecule has 3 aromatic rings. The number of amides is 1. The third kappa shape index (κ3) is 6.00. The van der Waals surface area contributed by atoms with Crippen LogP contribution in [-0.2, 0) is 24.3 Å². The molecule has 1 aliphatic heterocycles. The molecular weight excluding hydrogens is 502 g/mol. The van der Waals surface area contributed by atoms with E-state index in [1.54, 1.807) is 30.3 Å². The summed E-state index contributed by atoms with van der Waals surface area (Å²) in [7, 11) is -3.81. The standard InChI is InChI=1S/C25H23N3O8S/c29-24(26-19-9-6-10-20(17-19)37(33,34)27-13-15-35-16-14-27)23(18-7-2-1-3-8-18)36-25(30)21-11-4-5-12-22(21)28(31)32/h1-12,17,23H,13-16H2,(H,26,29)/t23-/m1/s1. The first-order valence-corrected chi connectivity index (χ1v) is 12.7. The van der Waals surface area contributed by atoms with Crippen LogP contribution in [0.15, 0.2) is 83.8 Å². The third-order valence-corrected chi connectivity index (χ3v) is 7.49. The first-order valence-electron chi connectivity index (χ1n) is 11.3. The molecule has 3 aromatic carbocycles. The molecule has 12 heteroatoms. The van der Waals surface area contributed by atoms with Gasteiger partial charge in [-0.15, -0.1) is 0 Å². The summed E-state index contributed by atoms with van der Waals surface area (Å²) >= 11 is 0. The van der Waals surface area contributed by atoms with Crippen molar-refractivity contribution in [3.05, 3.63) is 100 Å². The topological polar surface area (TPSA) is 145 Å². The smallest absolute Gasteiger partial charge is 0.346 e. The Morgan fingerprint density at radius 1 is 0.973 bits per heavy atom. The number of hydrogen-bond acceptors (Lipinski definition) is 8. The van der Waals surface area contributed by atoms with E-state index in [9.17, 15) is 28.1 Å². The van der Waals surface area contributed by atoms with Crippen LogP contribution in [0, 0.1) is 10.1 Å². The number of para-hydroxylation sites is 1. The Morgan fingerprint density at radius 2 is 1.65 bits per heavy atom. The van der Waals surface area contributed by atoms with Crippen molar-refractivity contribution in [2.75, 3.05) is 31.6 Å². The number of esters is 1. The zero-order valence-electron chi connectivity index (χ0n) is 19.5. The number of nitro groups is 1. The summed E-state index contributed by atoms with van der Waals surface area (Å²) in [5.74, 6) is -1.82. The summed E-state index contributed by atoms with van der Waals surface area (Å²) < 4.78 is 38.0. The average Bonchev–Trinajstić information content (AvgIpc) is 2.92. The summed E-state index contributed by atoms with van der Waals surface area (Å²) in [6, 6.07) is 19.1. The number of nitrogens with zero attached hydrogens (tertiary/aromatic N) is 2. The summed E-state index contributed by atoms with van der Waals surface area (Å²) in [6.45, 7) is 1.02. The summed E-state index contributed by atoms with van der Waals surface area (Å²) in [6.07, 6.45) is -1.46. The van der Waals surface area contributed by atoms with Gasteiger partial charge in [0.2, 0.25) is 16.1 Å². The number of carbonyl (C=O) groups is 2. The quantitative estimate of drug-likeness (QED) is 0.268. The van der Waals surface area contributed by atoms with Crippen molar-refractivity contribution in [2.45, 2.75) is 11.0 Å². The van der Waals surface area contributed by atoms with Crippen molar-refractivity contribution >= 4 is 33.3 Å². The summed E-state index contributed by atoms with van der Waals surface area (Å²) in [5, 5.41) is 13.9. The van der Waals surface area contributed by atoms with E-state index in [0.29, 0.717) is 18.8 Å². The molecule has 0 unspecified atom stereocenters. The normalized spacial score (nSPS) is 14.9. The minimum Gasteiger partial charge on any atom is -0.443 e. The van der Waals surface area contributed by atoms with Gasteiger partial charge in [-0.1, -0.05) is 48.5 Å². The number of benzene rings is 3. The van der Waals surface area contributed by atoms with Crippen LogP contribution in [-0.4, -0.2) is 55.8 Å². The fraction of sp³-hybridized carbons (Fsp3) is 0.200. The highest BCUT2D eigenvalue weighted by molar-refractivity contribution is 7.89. The first kappa shape index (κ1) is 25.9. The van der Waals surface area contributed by atoms with Crippen LogP contribution in [0.25, 0.3) is 0 Å². The van der Waals surface area contributed by atoms with E-state index in [2.05, 4.69) is 5.32 Å². The lowest BCUT2D eigenvalue weighted by Crippen LogP contribution is -2.40. The molecule has 0 aromatic heterocycles. The fourth-order valence-corrected chi connectivity index (χ4v) is 5.21. The molecule has 1 aliphatic rings. The molecule has 0 aliphatic carbocycles. The number of morpholine rings is 1. The fourth-order valence-electron chi connectivity index (χ4n) is 3.75. The van der Waals surface area contributed by atoms with Gasteiger partial charge in [0.1, 0.15) is 5.56 Å². The molecule has 0 saturated carbocycles. The molecule has 1 heterocycles. The minimum absolute atomic E-state index is 0.0135. The molecule has 37 heavy (non-hydrogen) atoms. The van der Waals surface area contributed by atoms with Crippen LogP contribution in [0.5, 0.6) is 0 Å². The number of rotatable bonds is 8. The number of nitro benzene ring substituents is 1. The molecule has 1 saturated heterocycles. The minimum atomic E-state index is -3.81. The van der Waals surface area contributed by atoms with E-state index in [0.717, 1.165) is 6.07 Å². The number of sulfonamides is 1. The van der Waals surface area contributed by atoms with Gasteiger partial charge in [-0.3, -0.25) is 14.9 Å². The van der Waals surface area contributed by atoms with Gasteiger partial charge in [-0.2, -0.15) is 4.31 Å². The van der Waals surface area contributed by atoms with Crippen LogP contribution >= 0.6 is 0 Å². The van der Waals surface area contributed by atoms with Crippen molar-refractivity contribution < 1.29 is 32.4 Å². The van der Waals surface area contributed by atoms with Gasteiger partial charge in [0.15, 0.2) is 0 Å². The van der Waals surface area contributed by atoms with Gasteiger partial charge >= 0.3 is 5.97 Å². The van der Waals surface area contributed by atoms with Gasteiger partial charge < -0.3 is 14.8 Å². The van der Waals surface area contributed by atoms with Gasteiger partial charge in [-0.25, -0.2) is 13.2 Å². The zero-order chi connectivity index (χ0) is 26.4. The highest BCUT2D eigenvalue weighted by atomic mass is 32.2. The highest BCUT2D eigenvalue weighted by Crippen LogP contribution is 2.26. The van der Waals surface area contributed by atoms with Crippen molar-refractivity contribution in [1.29, 1.82) is 0 Å². The first-order chi connectivity index (χ1) is 17.8. The van der Waals surface area contributed by atoms with E-state index < -0.39 is 38.6 Å². The lowest BCUT2D eigenvalue weighted by Gasteiger charge is -2.26. The number of anilines is 1. The van der Waals surface area contributed by atoms with E-state index in [-0.39, 0.29) is 29.2 Å². The maximum Gasteiger partial charge on any atom is 0.346 e. The lowest BCUT2D eigenvalue weighted by atomic mass is 10.1. The number of ether oxygens (including phenoxy) is 2. The third-order valence-electron chi connectivity index (χ3n) is 5.60. The molecule has 1 amide bonds. The number of carbonyl (C=O) groups excluding carboxylic acids is 2. The van der Waals surface area contributed by atoms with Crippen LogP contribution in [0.2, 0.25) is 0 Å². The lowest BCUT2D eigenvalue weighted by molar-refractivity contribution is -0.385. The van der Waals surface area contributed by atoms with Crippen LogP contribution in [0.3, 0.4) is 0 Å². The van der Waals surface area contributed by atoms with E-state index in [1.165, 1.54) is 46.8 Å². The molecule has 1 N–H and O–H groups in total. The Kier molecular flexibility index (Phi) is 7.92. The largest absolute Gasteiger partial charge is 0.443 e. The Morgan fingerprint density at radius 3 is 2.35 bits per heavy atom. The van der Waals surface area contributed by atoms with E-state index in [1.807, 2.05) is 0 Å². The van der Waals surface area contributed by atoms with Crippen LogP contribution in [0.4, 0.5) is 11.4 Å².